The number of hydrogen-bond donors (Lipinski definition) is 0. The minimum Gasteiger partial charge on any atom is -0.343 e. The lowest BCUT2D eigenvalue weighted by molar-refractivity contribution is -0.130. The molecule has 3 fully saturated rings. The lowest BCUT2D eigenvalue weighted by atomic mass is 9.94. The molecule has 30 heavy (non-hydrogen) atoms. The number of imidazole rings is 1. The van der Waals surface area contributed by atoms with Crippen LogP contribution in [0.15, 0.2) is 0 Å². The average molecular weight is 416 g/mol. The van der Waals surface area contributed by atoms with E-state index in [9.17, 15) is 9.59 Å². The Balaban J connectivity index is 1.39. The molecule has 0 bridgehead atoms. The molecule has 1 saturated carbocycles. The van der Waals surface area contributed by atoms with Gasteiger partial charge >= 0.3 is 0 Å². The Hall–Kier alpha value is -1.89. The number of amides is 2. The number of carbonyl (C=O) groups excluding carboxylic acids is 2. The van der Waals surface area contributed by atoms with Crippen molar-refractivity contribution in [2.24, 2.45) is 0 Å². The van der Waals surface area contributed by atoms with E-state index in [-0.39, 0.29) is 11.8 Å². The van der Waals surface area contributed by atoms with Crippen molar-refractivity contribution in [3.05, 3.63) is 17.2 Å². The zero-order chi connectivity index (χ0) is 21.3. The monoisotopic (exact) mass is 415 g/mol. The summed E-state index contributed by atoms with van der Waals surface area (Å²) in [6.45, 7) is 10.8. The molecular weight excluding hydrogens is 378 g/mol. The van der Waals surface area contributed by atoms with Crippen LogP contribution in [0.5, 0.6) is 0 Å². The van der Waals surface area contributed by atoms with Crippen LogP contribution in [0.3, 0.4) is 0 Å². The summed E-state index contributed by atoms with van der Waals surface area (Å²) >= 11 is 0. The van der Waals surface area contributed by atoms with Crippen LogP contribution in [-0.4, -0.2) is 81.4 Å². The van der Waals surface area contributed by atoms with Gasteiger partial charge < -0.3 is 14.4 Å². The maximum absolute atomic E-state index is 13.3. The van der Waals surface area contributed by atoms with Crippen LogP contribution in [0.1, 0.15) is 79.9 Å². The lowest BCUT2D eigenvalue weighted by Gasteiger charge is -2.40. The van der Waals surface area contributed by atoms with Gasteiger partial charge in [-0.1, -0.05) is 19.3 Å². The van der Waals surface area contributed by atoms with Crippen LogP contribution in [0.4, 0.5) is 0 Å². The number of carbonyl (C=O) groups is 2. The topological polar surface area (TPSA) is 61.7 Å². The first-order valence-electron chi connectivity index (χ1n) is 11.8. The molecule has 1 aromatic heterocycles. The number of nitrogens with zero attached hydrogens (tertiary/aromatic N) is 5. The summed E-state index contributed by atoms with van der Waals surface area (Å²) in [5.74, 6) is 1.15. The van der Waals surface area contributed by atoms with E-state index in [1.807, 2.05) is 23.6 Å². The summed E-state index contributed by atoms with van der Waals surface area (Å²) in [7, 11) is 0. The van der Waals surface area contributed by atoms with Gasteiger partial charge in [-0.05, 0) is 39.5 Å². The molecule has 7 nitrogen and oxygen atoms in total. The van der Waals surface area contributed by atoms with Gasteiger partial charge in [-0.2, -0.15) is 0 Å². The molecule has 1 aliphatic carbocycles. The molecule has 4 rings (SSSR count). The van der Waals surface area contributed by atoms with E-state index in [1.165, 1.54) is 32.1 Å². The van der Waals surface area contributed by atoms with E-state index >= 15 is 0 Å². The number of piperidine rings is 1. The highest BCUT2D eigenvalue weighted by Gasteiger charge is 2.31. The van der Waals surface area contributed by atoms with Crippen molar-refractivity contribution in [1.29, 1.82) is 0 Å². The zero-order valence-corrected chi connectivity index (χ0v) is 18.9. The second kappa shape index (κ2) is 9.08. The first-order valence-corrected chi connectivity index (χ1v) is 11.8. The normalized spacial score (nSPS) is 22.5. The number of rotatable bonds is 3. The summed E-state index contributed by atoms with van der Waals surface area (Å²) in [5.41, 5.74) is 1.60. The third-order valence-corrected chi connectivity index (χ3v) is 7.50. The highest BCUT2D eigenvalue weighted by Crippen LogP contribution is 2.28. The Morgan fingerprint density at radius 1 is 0.800 bits per heavy atom. The Morgan fingerprint density at radius 2 is 1.43 bits per heavy atom. The minimum absolute atomic E-state index is 0.0822. The minimum atomic E-state index is 0.0822. The van der Waals surface area contributed by atoms with E-state index < -0.39 is 0 Å². The van der Waals surface area contributed by atoms with Gasteiger partial charge in [0.25, 0.3) is 5.91 Å². The molecule has 2 amide bonds. The third-order valence-electron chi connectivity index (χ3n) is 7.50. The van der Waals surface area contributed by atoms with Crippen molar-refractivity contribution in [3.8, 4) is 0 Å². The van der Waals surface area contributed by atoms with Gasteiger partial charge in [-0.3, -0.25) is 14.5 Å². The molecule has 0 spiro atoms. The molecule has 1 aromatic rings. The fourth-order valence-electron chi connectivity index (χ4n) is 5.72. The fraction of sp³-hybridized carbons (Fsp3) is 0.783. The van der Waals surface area contributed by atoms with Crippen molar-refractivity contribution in [1.82, 2.24) is 24.3 Å². The smallest absolute Gasteiger partial charge is 0.274 e. The molecule has 3 aliphatic rings. The van der Waals surface area contributed by atoms with Crippen molar-refractivity contribution >= 4 is 11.8 Å². The molecule has 2 saturated heterocycles. The number of aromatic nitrogens is 2. The molecule has 166 valence electrons. The van der Waals surface area contributed by atoms with Crippen molar-refractivity contribution in [3.63, 3.8) is 0 Å². The number of likely N-dealkylation sites (tertiary alicyclic amines) is 1. The highest BCUT2D eigenvalue weighted by atomic mass is 16.2. The predicted octanol–water partition coefficient (Wildman–Crippen LogP) is 2.77. The summed E-state index contributed by atoms with van der Waals surface area (Å²) in [4.78, 5) is 36.1. The second-order valence-corrected chi connectivity index (χ2v) is 9.32. The van der Waals surface area contributed by atoms with Crippen LogP contribution >= 0.6 is 0 Å². The molecule has 2 aliphatic heterocycles. The second-order valence-electron chi connectivity index (χ2n) is 9.32. The molecule has 0 unspecified atom stereocenters. The summed E-state index contributed by atoms with van der Waals surface area (Å²) in [5, 5.41) is 0. The molecular formula is C23H37N5O2. The Kier molecular flexibility index (Phi) is 6.46. The van der Waals surface area contributed by atoms with Gasteiger partial charge in [0.05, 0.1) is 0 Å². The Bertz CT molecular complexity index is 767. The van der Waals surface area contributed by atoms with Crippen LogP contribution in [-0.2, 0) is 4.79 Å². The number of aryl methyl sites for hydroxylation is 1. The molecule has 0 aromatic carbocycles. The van der Waals surface area contributed by atoms with Crippen LogP contribution in [0, 0.1) is 13.8 Å². The molecule has 7 heteroatoms. The Labute approximate surface area is 180 Å². The summed E-state index contributed by atoms with van der Waals surface area (Å²) in [6.07, 6.45) is 8.56. The maximum atomic E-state index is 13.3. The molecule has 3 heterocycles. The van der Waals surface area contributed by atoms with E-state index in [0.29, 0.717) is 11.7 Å². The van der Waals surface area contributed by atoms with Crippen molar-refractivity contribution in [2.45, 2.75) is 77.8 Å². The predicted molar refractivity (Wildman–Crippen MR) is 117 cm³/mol. The van der Waals surface area contributed by atoms with Crippen molar-refractivity contribution < 1.29 is 9.59 Å². The quantitative estimate of drug-likeness (QED) is 0.762. The maximum Gasteiger partial charge on any atom is 0.274 e. The van der Waals surface area contributed by atoms with Crippen molar-refractivity contribution in [2.75, 3.05) is 39.3 Å². The number of piperazine rings is 1. The van der Waals surface area contributed by atoms with Gasteiger partial charge in [-0.15, -0.1) is 0 Å². The third kappa shape index (κ3) is 4.27. The largest absolute Gasteiger partial charge is 0.343 e. The average Bonchev–Trinajstić information content (AvgIpc) is 3.08. The van der Waals surface area contributed by atoms with Gasteiger partial charge in [0.15, 0.2) is 0 Å². The molecule has 0 atom stereocenters. The van der Waals surface area contributed by atoms with Crippen LogP contribution in [0.2, 0.25) is 0 Å². The number of hydrogen-bond acceptors (Lipinski definition) is 4. The van der Waals surface area contributed by atoms with E-state index in [4.69, 9.17) is 4.98 Å². The lowest BCUT2D eigenvalue weighted by Crippen LogP contribution is -2.52. The highest BCUT2D eigenvalue weighted by molar-refractivity contribution is 5.93. The van der Waals surface area contributed by atoms with E-state index in [2.05, 4.69) is 9.47 Å². The molecule has 0 radical (unpaired) electrons. The SMILES string of the molecule is CC(=O)N1CCC(n2c(C)nc(C(=O)N3CCN(C4CCCCC4)CC3)c2C)CC1. The zero-order valence-electron chi connectivity index (χ0n) is 18.9. The van der Waals surface area contributed by atoms with Crippen LogP contribution < -0.4 is 0 Å². The first-order chi connectivity index (χ1) is 14.5. The summed E-state index contributed by atoms with van der Waals surface area (Å²) < 4.78 is 2.24. The van der Waals surface area contributed by atoms with Gasteiger partial charge in [-0.25, -0.2) is 4.98 Å². The summed E-state index contributed by atoms with van der Waals surface area (Å²) in [6, 6.07) is 1.04. The Morgan fingerprint density at radius 3 is 2.03 bits per heavy atom. The fourth-order valence-corrected chi connectivity index (χ4v) is 5.72. The van der Waals surface area contributed by atoms with E-state index in [0.717, 1.165) is 69.7 Å². The van der Waals surface area contributed by atoms with E-state index in [1.54, 1.807) is 6.92 Å². The van der Waals surface area contributed by atoms with Gasteiger partial charge in [0, 0.05) is 64.0 Å². The van der Waals surface area contributed by atoms with Gasteiger partial charge in [0.2, 0.25) is 5.91 Å². The van der Waals surface area contributed by atoms with Gasteiger partial charge in [0.1, 0.15) is 11.5 Å². The first kappa shape index (κ1) is 21.3. The molecule has 0 N–H and O–H groups in total. The van der Waals surface area contributed by atoms with Crippen LogP contribution in [0.25, 0.3) is 0 Å². The standard InChI is InChI=1S/C23H37N5O2/c1-17-22(24-18(2)28(17)21-9-11-25(12-10-21)19(3)29)23(30)27-15-13-26(14-16-27)20-7-5-4-6-8-20/h20-21H,4-16H2,1-3H3.